The number of carbonyl (C=O) groups excluding carboxylic acids is 3. The van der Waals surface area contributed by atoms with Gasteiger partial charge in [-0.3, -0.25) is 9.59 Å². The average Bonchev–Trinajstić information content (AvgIpc) is 2.94. The molecule has 0 bridgehead atoms. The van der Waals surface area contributed by atoms with E-state index in [0.29, 0.717) is 4.88 Å². The predicted octanol–water partition coefficient (Wildman–Crippen LogP) is 2.41. The fraction of sp³-hybridized carbons (Fsp3) is 0.533. The molecule has 21 heavy (non-hydrogen) atoms. The third-order valence-corrected chi connectivity index (χ3v) is 3.89. The van der Waals surface area contributed by atoms with Gasteiger partial charge < -0.3 is 10.1 Å². The maximum Gasteiger partial charge on any atom is 0.328 e. The summed E-state index contributed by atoms with van der Waals surface area (Å²) in [5.41, 5.74) is -0.458. The minimum atomic E-state index is -0.730. The number of carbonyl (C=O) groups is 3. The molecule has 0 fully saturated rings. The van der Waals surface area contributed by atoms with Crippen LogP contribution in [0.5, 0.6) is 0 Å². The minimum absolute atomic E-state index is 0.0559. The minimum Gasteiger partial charge on any atom is -0.467 e. The molecule has 0 aromatic carbocycles. The molecule has 0 spiro atoms. The van der Waals surface area contributed by atoms with E-state index in [0.717, 1.165) is 0 Å². The Labute approximate surface area is 128 Å². The van der Waals surface area contributed by atoms with Crippen LogP contribution in [0.25, 0.3) is 0 Å². The Bertz CT molecular complexity index is 502. The Morgan fingerprint density at radius 3 is 2.43 bits per heavy atom. The Morgan fingerprint density at radius 1 is 1.29 bits per heavy atom. The van der Waals surface area contributed by atoms with Crippen LogP contribution in [0.2, 0.25) is 0 Å². The van der Waals surface area contributed by atoms with Gasteiger partial charge in [0.1, 0.15) is 6.04 Å². The van der Waals surface area contributed by atoms with Crippen molar-refractivity contribution >= 4 is 29.0 Å². The maximum absolute atomic E-state index is 11.9. The summed E-state index contributed by atoms with van der Waals surface area (Å²) in [7, 11) is 1.29. The van der Waals surface area contributed by atoms with Gasteiger partial charge in [0.05, 0.1) is 12.0 Å². The standard InChI is InChI=1S/C15H21NO4S/c1-15(2,3)13(14(19)20-4)16-12(18)8-7-10(17)11-6-5-9-21-11/h5-6,9,13H,7-8H2,1-4H3,(H,16,18)/t13-/m1/s1. The first-order valence-electron chi connectivity index (χ1n) is 6.69. The Hall–Kier alpha value is -1.69. The van der Waals surface area contributed by atoms with Crippen molar-refractivity contribution in [3.63, 3.8) is 0 Å². The van der Waals surface area contributed by atoms with Gasteiger partial charge in [-0.1, -0.05) is 26.8 Å². The molecular weight excluding hydrogens is 290 g/mol. The highest BCUT2D eigenvalue weighted by atomic mass is 32.1. The molecule has 116 valence electrons. The van der Waals surface area contributed by atoms with Crippen molar-refractivity contribution in [3.8, 4) is 0 Å². The van der Waals surface area contributed by atoms with Crippen molar-refractivity contribution in [1.82, 2.24) is 5.32 Å². The topological polar surface area (TPSA) is 72.5 Å². The molecule has 5 nitrogen and oxygen atoms in total. The number of nitrogens with one attached hydrogen (secondary N) is 1. The van der Waals surface area contributed by atoms with Gasteiger partial charge in [0.15, 0.2) is 5.78 Å². The third-order valence-electron chi connectivity index (χ3n) is 2.98. The summed E-state index contributed by atoms with van der Waals surface area (Å²) in [5.74, 6) is -0.879. The number of thiophene rings is 1. The second-order valence-corrected chi connectivity index (χ2v) is 6.74. The molecule has 0 saturated carbocycles. The lowest BCUT2D eigenvalue weighted by atomic mass is 9.86. The van der Waals surface area contributed by atoms with Gasteiger partial charge in [-0.05, 0) is 16.9 Å². The zero-order chi connectivity index (χ0) is 16.0. The first-order valence-corrected chi connectivity index (χ1v) is 7.57. The van der Waals surface area contributed by atoms with E-state index in [1.807, 2.05) is 26.2 Å². The monoisotopic (exact) mass is 311 g/mol. The predicted molar refractivity (Wildman–Crippen MR) is 81.3 cm³/mol. The highest BCUT2D eigenvalue weighted by Crippen LogP contribution is 2.20. The van der Waals surface area contributed by atoms with Crippen molar-refractivity contribution < 1.29 is 19.1 Å². The van der Waals surface area contributed by atoms with E-state index in [2.05, 4.69) is 5.32 Å². The zero-order valence-electron chi connectivity index (χ0n) is 12.8. The van der Waals surface area contributed by atoms with Gasteiger partial charge in [0.2, 0.25) is 5.91 Å². The molecule has 1 rings (SSSR count). The fourth-order valence-electron chi connectivity index (χ4n) is 1.77. The highest BCUT2D eigenvalue weighted by molar-refractivity contribution is 7.12. The molecular formula is C15H21NO4S. The molecule has 1 N–H and O–H groups in total. The summed E-state index contributed by atoms with van der Waals surface area (Å²) in [4.78, 5) is 36.1. The second-order valence-electron chi connectivity index (χ2n) is 5.79. The number of ketones is 1. The van der Waals surface area contributed by atoms with E-state index in [9.17, 15) is 14.4 Å². The lowest BCUT2D eigenvalue weighted by molar-refractivity contribution is -0.148. The van der Waals surface area contributed by atoms with Crippen LogP contribution in [0.3, 0.4) is 0 Å². The molecule has 1 heterocycles. The SMILES string of the molecule is COC(=O)[C@@H](NC(=O)CCC(=O)c1cccs1)C(C)(C)C. The molecule has 1 aromatic rings. The fourth-order valence-corrected chi connectivity index (χ4v) is 2.46. The number of rotatable bonds is 6. The molecule has 1 aromatic heterocycles. The summed E-state index contributed by atoms with van der Waals surface area (Å²) in [6.07, 6.45) is 0.185. The van der Waals surface area contributed by atoms with Crippen LogP contribution in [-0.2, 0) is 14.3 Å². The maximum atomic E-state index is 11.9. The van der Waals surface area contributed by atoms with E-state index < -0.39 is 17.4 Å². The van der Waals surface area contributed by atoms with Crippen molar-refractivity contribution in [3.05, 3.63) is 22.4 Å². The van der Waals surface area contributed by atoms with Crippen LogP contribution in [-0.4, -0.2) is 30.8 Å². The van der Waals surface area contributed by atoms with Crippen molar-refractivity contribution in [2.24, 2.45) is 5.41 Å². The molecule has 0 unspecified atom stereocenters. The number of hydrogen-bond donors (Lipinski definition) is 1. The van der Waals surface area contributed by atoms with Gasteiger partial charge in [0.25, 0.3) is 0 Å². The van der Waals surface area contributed by atoms with Gasteiger partial charge in [-0.2, -0.15) is 0 Å². The van der Waals surface area contributed by atoms with Crippen LogP contribution in [0.4, 0.5) is 0 Å². The normalized spacial score (nSPS) is 12.6. The molecule has 0 aliphatic heterocycles. The highest BCUT2D eigenvalue weighted by Gasteiger charge is 2.33. The molecule has 0 radical (unpaired) electrons. The van der Waals surface area contributed by atoms with E-state index in [1.54, 1.807) is 12.1 Å². The number of amides is 1. The first-order chi connectivity index (χ1) is 9.75. The van der Waals surface area contributed by atoms with Gasteiger partial charge in [-0.15, -0.1) is 11.3 Å². The Balaban J connectivity index is 2.55. The average molecular weight is 311 g/mol. The summed E-state index contributed by atoms with van der Waals surface area (Å²) in [6, 6.07) is 2.80. The van der Waals surface area contributed by atoms with Gasteiger partial charge in [0, 0.05) is 12.8 Å². The number of ether oxygens (including phenoxy) is 1. The number of Topliss-reactive ketones (excluding diaryl/α,β-unsaturated/α-hetero) is 1. The largest absolute Gasteiger partial charge is 0.467 e. The van der Waals surface area contributed by atoms with E-state index in [-0.39, 0.29) is 24.5 Å². The van der Waals surface area contributed by atoms with Crippen LogP contribution in [0.1, 0.15) is 43.3 Å². The van der Waals surface area contributed by atoms with Gasteiger partial charge >= 0.3 is 5.97 Å². The summed E-state index contributed by atoms with van der Waals surface area (Å²) in [6.45, 7) is 5.52. The first kappa shape index (κ1) is 17.4. The van der Waals surface area contributed by atoms with Crippen molar-refractivity contribution in [2.75, 3.05) is 7.11 Å². The van der Waals surface area contributed by atoms with Crippen LogP contribution in [0, 0.1) is 5.41 Å². The van der Waals surface area contributed by atoms with E-state index in [4.69, 9.17) is 4.74 Å². The summed E-state index contributed by atoms with van der Waals surface area (Å²) in [5, 5.41) is 4.47. The van der Waals surface area contributed by atoms with E-state index >= 15 is 0 Å². The smallest absolute Gasteiger partial charge is 0.328 e. The van der Waals surface area contributed by atoms with E-state index in [1.165, 1.54) is 18.4 Å². The quantitative estimate of drug-likeness (QED) is 0.647. The lowest BCUT2D eigenvalue weighted by Gasteiger charge is -2.28. The molecule has 0 saturated heterocycles. The van der Waals surface area contributed by atoms with Crippen molar-refractivity contribution in [1.29, 1.82) is 0 Å². The van der Waals surface area contributed by atoms with Crippen LogP contribution in [0.15, 0.2) is 17.5 Å². The van der Waals surface area contributed by atoms with Crippen molar-refractivity contribution in [2.45, 2.75) is 39.7 Å². The lowest BCUT2D eigenvalue weighted by Crippen LogP contribution is -2.49. The summed E-state index contributed by atoms with van der Waals surface area (Å²) < 4.78 is 4.71. The Kier molecular flexibility index (Phi) is 6.08. The third kappa shape index (κ3) is 5.30. The molecule has 0 aliphatic rings. The number of esters is 1. The number of hydrogen-bond acceptors (Lipinski definition) is 5. The summed E-state index contributed by atoms with van der Waals surface area (Å²) >= 11 is 1.35. The molecule has 6 heteroatoms. The second kappa shape index (κ2) is 7.36. The zero-order valence-corrected chi connectivity index (χ0v) is 13.6. The van der Waals surface area contributed by atoms with Gasteiger partial charge in [-0.25, -0.2) is 4.79 Å². The Morgan fingerprint density at radius 2 is 1.95 bits per heavy atom. The molecule has 0 aliphatic carbocycles. The van der Waals surface area contributed by atoms with Crippen LogP contribution < -0.4 is 5.32 Å². The van der Waals surface area contributed by atoms with Crippen LogP contribution >= 0.6 is 11.3 Å². The molecule has 1 amide bonds. The number of methoxy groups -OCH3 is 1. The molecule has 1 atom stereocenters.